The highest BCUT2D eigenvalue weighted by Crippen LogP contribution is 2.47. The molecule has 0 aliphatic heterocycles. The summed E-state index contributed by atoms with van der Waals surface area (Å²) in [6.45, 7) is 6.37. The predicted octanol–water partition coefficient (Wildman–Crippen LogP) is 6.07. The summed E-state index contributed by atoms with van der Waals surface area (Å²) in [5, 5.41) is 0. The van der Waals surface area contributed by atoms with Crippen molar-refractivity contribution in [1.29, 1.82) is 0 Å². The average Bonchev–Trinajstić information content (AvgIpc) is 2.81. The Hall–Kier alpha value is -3.21. The van der Waals surface area contributed by atoms with Gasteiger partial charge in [-0.25, -0.2) is 4.79 Å². The molecule has 1 unspecified atom stereocenters. The smallest absolute Gasteiger partial charge is 0.336 e. The highest BCUT2D eigenvalue weighted by Gasteiger charge is 2.30. The molecule has 3 aromatic rings. The fourth-order valence-corrected chi connectivity index (χ4v) is 4.28. The molecule has 1 heterocycles. The number of methoxy groups -OCH3 is 3. The van der Waals surface area contributed by atoms with Crippen LogP contribution in [-0.2, 0) is 6.42 Å². The lowest BCUT2D eigenvalue weighted by atomic mass is 9.79. The molecule has 0 bridgehead atoms. The summed E-state index contributed by atoms with van der Waals surface area (Å²) in [6, 6.07) is 15.3. The fraction of sp³-hybridized carbons (Fsp3) is 0.370. The average molecular weight is 437 g/mol. The van der Waals surface area contributed by atoms with Gasteiger partial charge >= 0.3 is 5.63 Å². The first-order valence-corrected chi connectivity index (χ1v) is 11.0. The lowest BCUT2D eigenvalue weighted by Gasteiger charge is -2.27. The Kier molecular flexibility index (Phi) is 7.62. The second-order valence-corrected chi connectivity index (χ2v) is 8.16. The first-order valence-electron chi connectivity index (χ1n) is 11.0. The minimum atomic E-state index is -0.346. The topological polar surface area (TPSA) is 57.9 Å². The summed E-state index contributed by atoms with van der Waals surface area (Å²) in [4.78, 5) is 12.5. The SMILES string of the molecule is CCc1oc(=O)cc(-c2ccccc2)c1C(CC(C)C)c1c(OC)cc(OC)cc1OC. The molecule has 2 aromatic carbocycles. The maximum atomic E-state index is 12.5. The number of hydrogen-bond acceptors (Lipinski definition) is 5. The number of benzene rings is 2. The molecule has 170 valence electrons. The maximum Gasteiger partial charge on any atom is 0.336 e. The quantitative estimate of drug-likeness (QED) is 0.407. The van der Waals surface area contributed by atoms with Crippen molar-refractivity contribution in [2.75, 3.05) is 21.3 Å². The van der Waals surface area contributed by atoms with E-state index in [2.05, 4.69) is 13.8 Å². The molecule has 32 heavy (non-hydrogen) atoms. The summed E-state index contributed by atoms with van der Waals surface area (Å²) in [5.41, 5.74) is 3.43. The molecule has 0 saturated heterocycles. The first-order chi connectivity index (χ1) is 15.4. The second-order valence-electron chi connectivity index (χ2n) is 8.16. The number of rotatable bonds is 9. The summed E-state index contributed by atoms with van der Waals surface area (Å²) < 4.78 is 22.8. The molecule has 0 N–H and O–H groups in total. The zero-order valence-electron chi connectivity index (χ0n) is 19.7. The highest BCUT2D eigenvalue weighted by molar-refractivity contribution is 5.70. The van der Waals surface area contributed by atoms with Gasteiger partial charge in [-0.15, -0.1) is 0 Å². The van der Waals surface area contributed by atoms with Gasteiger partial charge in [-0.2, -0.15) is 0 Å². The standard InChI is InChI=1S/C27H32O5/c1-7-22-26(20(16-25(28)32-22)18-11-9-8-10-12-18)21(13-17(2)3)27-23(30-5)14-19(29-4)15-24(27)31-6/h8-12,14-17,21H,7,13H2,1-6H3. The summed E-state index contributed by atoms with van der Waals surface area (Å²) in [7, 11) is 4.91. The van der Waals surface area contributed by atoms with Crippen molar-refractivity contribution in [2.45, 2.75) is 39.5 Å². The van der Waals surface area contributed by atoms with Gasteiger partial charge in [0, 0.05) is 41.7 Å². The lowest BCUT2D eigenvalue weighted by Crippen LogP contribution is -2.15. The molecular weight excluding hydrogens is 404 g/mol. The first kappa shape index (κ1) is 23.5. The molecule has 5 nitrogen and oxygen atoms in total. The van der Waals surface area contributed by atoms with Gasteiger partial charge in [0.1, 0.15) is 23.0 Å². The van der Waals surface area contributed by atoms with Crippen LogP contribution in [0.3, 0.4) is 0 Å². The van der Waals surface area contributed by atoms with Gasteiger partial charge in [-0.1, -0.05) is 51.1 Å². The van der Waals surface area contributed by atoms with Crippen LogP contribution >= 0.6 is 0 Å². The molecular formula is C27H32O5. The Morgan fingerprint density at radius 2 is 1.50 bits per heavy atom. The van der Waals surface area contributed by atoms with Gasteiger partial charge in [-0.05, 0) is 23.5 Å². The van der Waals surface area contributed by atoms with Crippen LogP contribution < -0.4 is 19.8 Å². The van der Waals surface area contributed by atoms with E-state index >= 15 is 0 Å². The molecule has 0 aliphatic carbocycles. The third kappa shape index (κ3) is 4.82. The van der Waals surface area contributed by atoms with E-state index in [1.54, 1.807) is 27.4 Å². The van der Waals surface area contributed by atoms with E-state index in [0.717, 1.165) is 28.7 Å². The molecule has 0 spiro atoms. The normalized spacial score (nSPS) is 12.0. The Balaban J connectivity index is 2.40. The van der Waals surface area contributed by atoms with Crippen molar-refractivity contribution in [3.8, 4) is 28.4 Å². The summed E-state index contributed by atoms with van der Waals surface area (Å²) >= 11 is 0. The van der Waals surface area contributed by atoms with E-state index in [0.29, 0.717) is 35.3 Å². The van der Waals surface area contributed by atoms with E-state index in [1.807, 2.05) is 49.4 Å². The van der Waals surface area contributed by atoms with Crippen LogP contribution in [-0.4, -0.2) is 21.3 Å². The van der Waals surface area contributed by atoms with Gasteiger partial charge < -0.3 is 18.6 Å². The fourth-order valence-electron chi connectivity index (χ4n) is 4.28. The largest absolute Gasteiger partial charge is 0.496 e. The van der Waals surface area contributed by atoms with E-state index in [9.17, 15) is 4.79 Å². The maximum absolute atomic E-state index is 12.5. The molecule has 3 rings (SSSR count). The highest BCUT2D eigenvalue weighted by atomic mass is 16.5. The van der Waals surface area contributed by atoms with Crippen LogP contribution in [0.1, 0.15) is 50.0 Å². The predicted molar refractivity (Wildman–Crippen MR) is 127 cm³/mol. The van der Waals surface area contributed by atoms with Crippen LogP contribution in [0.5, 0.6) is 17.2 Å². The second kappa shape index (κ2) is 10.4. The van der Waals surface area contributed by atoms with Crippen LogP contribution in [0.25, 0.3) is 11.1 Å². The van der Waals surface area contributed by atoms with Crippen molar-refractivity contribution in [2.24, 2.45) is 5.92 Å². The van der Waals surface area contributed by atoms with Gasteiger partial charge in [0.2, 0.25) is 0 Å². The van der Waals surface area contributed by atoms with Gasteiger partial charge in [0.25, 0.3) is 0 Å². The number of aryl methyl sites for hydroxylation is 1. The van der Waals surface area contributed by atoms with Crippen molar-refractivity contribution >= 4 is 0 Å². The number of hydrogen-bond donors (Lipinski definition) is 0. The zero-order chi connectivity index (χ0) is 23.3. The van der Waals surface area contributed by atoms with Crippen molar-refractivity contribution in [3.05, 3.63) is 75.8 Å². The molecule has 0 fully saturated rings. The summed E-state index contributed by atoms with van der Waals surface area (Å²) in [5.74, 6) is 2.96. The zero-order valence-corrected chi connectivity index (χ0v) is 19.7. The van der Waals surface area contributed by atoms with Crippen LogP contribution in [0.15, 0.2) is 57.7 Å². The lowest BCUT2D eigenvalue weighted by molar-refractivity contribution is 0.361. The molecule has 1 aromatic heterocycles. The Morgan fingerprint density at radius 3 is 2.00 bits per heavy atom. The molecule has 0 saturated carbocycles. The van der Waals surface area contributed by atoms with Crippen molar-refractivity contribution in [1.82, 2.24) is 0 Å². The summed E-state index contributed by atoms with van der Waals surface area (Å²) in [6.07, 6.45) is 1.42. The third-order valence-corrected chi connectivity index (χ3v) is 5.64. The molecule has 5 heteroatoms. The van der Waals surface area contributed by atoms with E-state index < -0.39 is 0 Å². The monoisotopic (exact) mass is 436 g/mol. The molecule has 0 aliphatic rings. The molecule has 0 radical (unpaired) electrons. The van der Waals surface area contributed by atoms with Crippen molar-refractivity contribution < 1.29 is 18.6 Å². The molecule has 1 atom stereocenters. The van der Waals surface area contributed by atoms with Crippen LogP contribution in [0.2, 0.25) is 0 Å². The van der Waals surface area contributed by atoms with E-state index in [-0.39, 0.29) is 11.5 Å². The van der Waals surface area contributed by atoms with Gasteiger partial charge in [0.05, 0.1) is 21.3 Å². The van der Waals surface area contributed by atoms with E-state index in [4.69, 9.17) is 18.6 Å². The van der Waals surface area contributed by atoms with Gasteiger partial charge in [0.15, 0.2) is 0 Å². The Labute approximate surface area is 190 Å². The third-order valence-electron chi connectivity index (χ3n) is 5.64. The Bertz CT molecular complexity index is 1070. The molecule has 0 amide bonds. The van der Waals surface area contributed by atoms with Gasteiger partial charge in [-0.3, -0.25) is 0 Å². The van der Waals surface area contributed by atoms with Crippen LogP contribution in [0, 0.1) is 5.92 Å². The number of ether oxygens (including phenoxy) is 3. The van der Waals surface area contributed by atoms with Crippen molar-refractivity contribution in [3.63, 3.8) is 0 Å². The Morgan fingerprint density at radius 1 is 0.875 bits per heavy atom. The minimum Gasteiger partial charge on any atom is -0.496 e. The van der Waals surface area contributed by atoms with E-state index in [1.165, 1.54) is 0 Å². The minimum absolute atomic E-state index is 0.111. The van der Waals surface area contributed by atoms with Crippen LogP contribution in [0.4, 0.5) is 0 Å².